The number of aryl methyl sites for hydroxylation is 2. The van der Waals surface area contributed by atoms with Gasteiger partial charge in [0.05, 0.1) is 11.7 Å². The van der Waals surface area contributed by atoms with Gasteiger partial charge < -0.3 is 9.47 Å². The van der Waals surface area contributed by atoms with Crippen molar-refractivity contribution in [1.29, 1.82) is 0 Å². The third-order valence-corrected chi connectivity index (χ3v) is 4.67. The topological polar surface area (TPSA) is 35.5 Å². The van der Waals surface area contributed by atoms with Crippen LogP contribution in [0, 0.1) is 33.1 Å². The van der Waals surface area contributed by atoms with E-state index in [0.717, 1.165) is 33.4 Å². The van der Waals surface area contributed by atoms with Crippen LogP contribution in [0.15, 0.2) is 37.1 Å². The Morgan fingerprint density at radius 1 is 0.885 bits per heavy atom. The van der Waals surface area contributed by atoms with Gasteiger partial charge in [-0.15, -0.1) is 0 Å². The summed E-state index contributed by atoms with van der Waals surface area (Å²) in [5, 5.41) is 0. The highest BCUT2D eigenvalue weighted by molar-refractivity contribution is 5.86. The second kappa shape index (κ2) is 7.36. The summed E-state index contributed by atoms with van der Waals surface area (Å²) >= 11 is 0. The van der Waals surface area contributed by atoms with E-state index >= 15 is 0 Å². The first-order valence-corrected chi connectivity index (χ1v) is 8.78. The molecular weight excluding hydrogens is 324 g/mol. The molecule has 0 amide bonds. The molecular formula is C23H28O3. The number of hydrogen-bond acceptors (Lipinski definition) is 3. The fourth-order valence-corrected chi connectivity index (χ4v) is 2.73. The number of ether oxygens (including phenoxy) is 2. The molecule has 0 N–H and O–H groups in total. The van der Waals surface area contributed by atoms with Crippen LogP contribution in [-0.2, 0) is 4.79 Å². The highest BCUT2D eigenvalue weighted by Crippen LogP contribution is 2.43. The van der Waals surface area contributed by atoms with Crippen LogP contribution in [0.2, 0.25) is 0 Å². The first-order valence-electron chi connectivity index (χ1n) is 8.78. The maximum Gasteiger partial charge on any atom is 0.316 e. The fourth-order valence-electron chi connectivity index (χ4n) is 2.73. The maximum atomic E-state index is 12.5. The highest BCUT2D eigenvalue weighted by atomic mass is 16.5. The summed E-state index contributed by atoms with van der Waals surface area (Å²) in [6.07, 6.45) is 1.42. The monoisotopic (exact) mass is 352 g/mol. The van der Waals surface area contributed by atoms with Crippen molar-refractivity contribution in [3.8, 4) is 22.6 Å². The lowest BCUT2D eigenvalue weighted by atomic mass is 9.90. The van der Waals surface area contributed by atoms with Crippen molar-refractivity contribution in [2.45, 2.75) is 48.5 Å². The van der Waals surface area contributed by atoms with Crippen LogP contribution in [0.1, 0.15) is 43.0 Å². The minimum atomic E-state index is -0.585. The molecule has 0 heterocycles. The lowest BCUT2D eigenvalue weighted by Gasteiger charge is -2.22. The molecule has 2 aromatic carbocycles. The van der Waals surface area contributed by atoms with Gasteiger partial charge in [0, 0.05) is 11.1 Å². The van der Waals surface area contributed by atoms with Crippen molar-refractivity contribution in [2.75, 3.05) is 0 Å². The predicted molar refractivity (Wildman–Crippen MR) is 107 cm³/mol. The molecule has 0 unspecified atom stereocenters. The molecule has 2 rings (SSSR count). The van der Waals surface area contributed by atoms with Crippen molar-refractivity contribution in [3.05, 3.63) is 59.4 Å². The van der Waals surface area contributed by atoms with E-state index in [4.69, 9.17) is 9.47 Å². The summed E-state index contributed by atoms with van der Waals surface area (Å²) < 4.78 is 11.5. The van der Waals surface area contributed by atoms with E-state index in [2.05, 4.69) is 20.4 Å². The van der Waals surface area contributed by atoms with Gasteiger partial charge in [-0.25, -0.2) is 0 Å². The maximum absolute atomic E-state index is 12.5. The van der Waals surface area contributed by atoms with Crippen molar-refractivity contribution in [3.63, 3.8) is 0 Å². The molecule has 0 bridgehead atoms. The van der Waals surface area contributed by atoms with E-state index in [-0.39, 0.29) is 5.97 Å². The Morgan fingerprint density at radius 2 is 1.35 bits per heavy atom. The molecule has 26 heavy (non-hydrogen) atoms. The van der Waals surface area contributed by atoms with Gasteiger partial charge in [0.25, 0.3) is 0 Å². The molecule has 2 aromatic rings. The Morgan fingerprint density at radius 3 is 1.81 bits per heavy atom. The third-order valence-electron chi connectivity index (χ3n) is 4.67. The average Bonchev–Trinajstić information content (AvgIpc) is 2.55. The molecule has 0 aliphatic carbocycles. The van der Waals surface area contributed by atoms with Crippen LogP contribution < -0.4 is 9.47 Å². The molecule has 0 saturated carbocycles. The summed E-state index contributed by atoms with van der Waals surface area (Å²) in [6.45, 7) is 17.4. The lowest BCUT2D eigenvalue weighted by Crippen LogP contribution is -2.26. The number of carbonyl (C=O) groups is 1. The minimum Gasteiger partial charge on any atom is -0.465 e. The Balaban J connectivity index is 2.77. The molecule has 3 heteroatoms. The lowest BCUT2D eigenvalue weighted by molar-refractivity contribution is -0.142. The molecule has 138 valence electrons. The Bertz CT molecular complexity index is 855. The summed E-state index contributed by atoms with van der Waals surface area (Å²) in [4.78, 5) is 12.5. The van der Waals surface area contributed by atoms with Crippen LogP contribution in [0.3, 0.4) is 0 Å². The van der Waals surface area contributed by atoms with Crippen molar-refractivity contribution in [1.82, 2.24) is 0 Å². The van der Waals surface area contributed by atoms with E-state index in [1.165, 1.54) is 6.26 Å². The van der Waals surface area contributed by atoms with Crippen molar-refractivity contribution >= 4 is 5.97 Å². The van der Waals surface area contributed by atoms with Gasteiger partial charge in [-0.05, 0) is 82.9 Å². The Hall–Kier alpha value is -2.55. The molecule has 0 fully saturated rings. The number of carbonyl (C=O) groups excluding carboxylic acids is 1. The number of hydrogen-bond donors (Lipinski definition) is 0. The van der Waals surface area contributed by atoms with Gasteiger partial charge in [-0.3, -0.25) is 4.79 Å². The molecule has 0 radical (unpaired) electrons. The van der Waals surface area contributed by atoms with Crippen molar-refractivity contribution < 1.29 is 14.3 Å². The zero-order valence-corrected chi connectivity index (χ0v) is 16.8. The summed E-state index contributed by atoms with van der Waals surface area (Å²) in [5.74, 6) is 0.985. The zero-order valence-electron chi connectivity index (χ0n) is 16.8. The SMILES string of the molecule is C=COc1ccc(C)c(C)c1-c1c(OC(=O)C(C)(C)C)ccc(C)c1C. The molecule has 0 atom stereocenters. The molecule has 0 aliphatic heterocycles. The molecule has 0 aromatic heterocycles. The minimum absolute atomic E-state index is 0.265. The Labute approximate surface area is 156 Å². The average molecular weight is 352 g/mol. The molecule has 0 spiro atoms. The normalized spacial score (nSPS) is 11.2. The van der Waals surface area contributed by atoms with Crippen LogP contribution in [0.25, 0.3) is 11.1 Å². The highest BCUT2D eigenvalue weighted by Gasteiger charge is 2.26. The van der Waals surface area contributed by atoms with Crippen LogP contribution in [0.4, 0.5) is 0 Å². The summed E-state index contributed by atoms with van der Waals surface area (Å²) in [7, 11) is 0. The quantitative estimate of drug-likeness (QED) is 0.381. The van der Waals surface area contributed by atoms with Crippen LogP contribution in [0.5, 0.6) is 11.5 Å². The summed E-state index contributed by atoms with van der Waals surface area (Å²) in [5.41, 5.74) is 5.66. The molecule has 0 saturated heterocycles. The van der Waals surface area contributed by atoms with Crippen molar-refractivity contribution in [2.24, 2.45) is 5.41 Å². The van der Waals surface area contributed by atoms with E-state index < -0.39 is 5.41 Å². The van der Waals surface area contributed by atoms with Gasteiger partial charge in [0.15, 0.2) is 0 Å². The van der Waals surface area contributed by atoms with Gasteiger partial charge in [0.1, 0.15) is 11.5 Å². The summed E-state index contributed by atoms with van der Waals surface area (Å²) in [6, 6.07) is 7.78. The zero-order chi connectivity index (χ0) is 19.6. The van der Waals surface area contributed by atoms with Gasteiger partial charge >= 0.3 is 5.97 Å². The van der Waals surface area contributed by atoms with Gasteiger partial charge in [-0.1, -0.05) is 18.7 Å². The Kier molecular flexibility index (Phi) is 5.60. The molecule has 3 nitrogen and oxygen atoms in total. The first kappa shape index (κ1) is 19.8. The largest absolute Gasteiger partial charge is 0.465 e. The third kappa shape index (κ3) is 3.82. The van der Waals surface area contributed by atoms with Crippen LogP contribution >= 0.6 is 0 Å². The second-order valence-corrected chi connectivity index (χ2v) is 7.69. The van der Waals surface area contributed by atoms with E-state index in [9.17, 15) is 4.79 Å². The van der Waals surface area contributed by atoms with Gasteiger partial charge in [0.2, 0.25) is 0 Å². The first-order chi connectivity index (χ1) is 12.1. The second-order valence-electron chi connectivity index (χ2n) is 7.69. The predicted octanol–water partition coefficient (Wildman–Crippen LogP) is 6.06. The van der Waals surface area contributed by atoms with Crippen LogP contribution in [-0.4, -0.2) is 5.97 Å². The number of esters is 1. The molecule has 0 aliphatic rings. The standard InChI is InChI=1S/C23H28O3/c1-9-25-18-12-10-14(2)16(4)20(18)21-17(5)15(3)11-13-19(21)26-22(24)23(6,7)8/h9-13H,1H2,2-8H3. The number of benzene rings is 2. The fraction of sp³-hybridized carbons (Fsp3) is 0.348. The van der Waals surface area contributed by atoms with Gasteiger partial charge in [-0.2, -0.15) is 0 Å². The smallest absolute Gasteiger partial charge is 0.316 e. The number of rotatable bonds is 4. The van der Waals surface area contributed by atoms with E-state index in [1.807, 2.05) is 58.9 Å². The van der Waals surface area contributed by atoms with E-state index in [0.29, 0.717) is 11.5 Å². The van der Waals surface area contributed by atoms with E-state index in [1.54, 1.807) is 0 Å².